The molecule has 0 spiro atoms. The number of aryl methyl sites for hydroxylation is 2. The molecule has 0 unspecified atom stereocenters. The molecule has 0 atom stereocenters. The van der Waals surface area contributed by atoms with Gasteiger partial charge >= 0.3 is 12.1 Å². The molecule has 0 fully saturated rings. The number of hydrogen-bond acceptors (Lipinski definition) is 3. The lowest BCUT2D eigenvalue weighted by molar-refractivity contribution is -0.167. The fourth-order valence-electron chi connectivity index (χ4n) is 2.77. The molecule has 1 aliphatic carbocycles. The Balaban J connectivity index is 1.53. The monoisotopic (exact) mass is 354 g/mol. The summed E-state index contributed by atoms with van der Waals surface area (Å²) in [6.45, 7) is 1.26. The number of fused-ring (bicyclic) bond motifs is 1. The summed E-state index contributed by atoms with van der Waals surface area (Å²) >= 11 is 1.83. The van der Waals surface area contributed by atoms with E-state index < -0.39 is 12.1 Å². The van der Waals surface area contributed by atoms with Crippen molar-refractivity contribution in [1.29, 1.82) is 0 Å². The van der Waals surface area contributed by atoms with E-state index in [9.17, 15) is 18.0 Å². The Bertz CT molecular complexity index is 718. The maximum absolute atomic E-state index is 12.3. The van der Waals surface area contributed by atoms with Crippen molar-refractivity contribution in [2.75, 3.05) is 5.32 Å². The third-order valence-electron chi connectivity index (χ3n) is 3.87. The number of rotatable bonds is 5. The Morgan fingerprint density at radius 1 is 1.17 bits per heavy atom. The molecule has 0 bridgehead atoms. The van der Waals surface area contributed by atoms with Gasteiger partial charge in [-0.2, -0.15) is 13.2 Å². The van der Waals surface area contributed by atoms with Crippen LogP contribution in [0.4, 0.5) is 18.9 Å². The molecule has 24 heavy (non-hydrogen) atoms. The molecule has 1 aromatic carbocycles. The van der Waals surface area contributed by atoms with E-state index in [1.165, 1.54) is 34.2 Å². The molecule has 1 heterocycles. The topological polar surface area (TPSA) is 41.1 Å². The molecule has 3 nitrogen and oxygen atoms in total. The summed E-state index contributed by atoms with van der Waals surface area (Å²) in [4.78, 5) is 13.7. The van der Waals surface area contributed by atoms with Crippen LogP contribution in [0.3, 0.4) is 0 Å². The zero-order chi connectivity index (χ0) is 17.2. The van der Waals surface area contributed by atoms with Gasteiger partial charge in [0.1, 0.15) is 0 Å². The lowest BCUT2D eigenvalue weighted by Crippen LogP contribution is -2.29. The van der Waals surface area contributed by atoms with Crippen molar-refractivity contribution in [2.24, 2.45) is 0 Å². The predicted molar refractivity (Wildman–Crippen MR) is 88.0 cm³/mol. The number of hydrogen-bond donors (Lipinski definition) is 2. The first-order valence-electron chi connectivity index (χ1n) is 7.70. The van der Waals surface area contributed by atoms with Crippen LogP contribution in [0.2, 0.25) is 0 Å². The first-order valence-corrected chi connectivity index (χ1v) is 8.52. The number of amides is 1. The number of carbonyl (C=O) groups excluding carboxylic acids is 1. The summed E-state index contributed by atoms with van der Waals surface area (Å²) in [5.74, 6) is -1.96. The van der Waals surface area contributed by atoms with Gasteiger partial charge in [-0.3, -0.25) is 4.79 Å². The van der Waals surface area contributed by atoms with Gasteiger partial charge in [0.15, 0.2) is 0 Å². The summed E-state index contributed by atoms with van der Waals surface area (Å²) in [7, 11) is 0. The lowest BCUT2D eigenvalue weighted by Gasteiger charge is -2.10. The van der Waals surface area contributed by atoms with Crippen LogP contribution in [0.5, 0.6) is 0 Å². The minimum atomic E-state index is -4.88. The SMILES string of the molecule is O=C(Nc1cccc(CNCc2cc3c(s2)CCC3)c1)C(F)(F)F. The van der Waals surface area contributed by atoms with Gasteiger partial charge in [0, 0.05) is 28.5 Å². The number of anilines is 1. The molecule has 128 valence electrons. The second-order valence-corrected chi connectivity index (χ2v) is 6.99. The Morgan fingerprint density at radius 2 is 2.00 bits per heavy atom. The average molecular weight is 354 g/mol. The standard InChI is InChI=1S/C17H17F3N2OS/c18-17(19,20)16(23)22-13-5-1-3-11(7-13)9-21-10-14-8-12-4-2-6-15(12)24-14/h1,3,5,7-8,21H,2,4,6,9-10H2,(H,22,23). The second-order valence-electron chi connectivity index (χ2n) is 5.77. The smallest absolute Gasteiger partial charge is 0.318 e. The van der Waals surface area contributed by atoms with Crippen molar-refractivity contribution < 1.29 is 18.0 Å². The second kappa shape index (κ2) is 6.94. The minimum absolute atomic E-state index is 0.145. The molecule has 3 rings (SSSR count). The van der Waals surface area contributed by atoms with Crippen molar-refractivity contribution in [1.82, 2.24) is 5.32 Å². The van der Waals surface area contributed by atoms with Gasteiger partial charge in [0.2, 0.25) is 0 Å². The number of alkyl halides is 3. The van der Waals surface area contributed by atoms with Crippen molar-refractivity contribution in [3.63, 3.8) is 0 Å². The van der Waals surface area contributed by atoms with Crippen LogP contribution in [-0.4, -0.2) is 12.1 Å². The van der Waals surface area contributed by atoms with E-state index in [1.807, 2.05) is 22.7 Å². The number of benzene rings is 1. The molecule has 0 saturated carbocycles. The molecular weight excluding hydrogens is 337 g/mol. The number of carbonyl (C=O) groups is 1. The quantitative estimate of drug-likeness (QED) is 0.851. The number of halogens is 3. The third-order valence-corrected chi connectivity index (χ3v) is 5.11. The Hall–Kier alpha value is -1.86. The van der Waals surface area contributed by atoms with Crippen LogP contribution < -0.4 is 10.6 Å². The fourth-order valence-corrected chi connectivity index (χ4v) is 4.00. The highest BCUT2D eigenvalue weighted by Gasteiger charge is 2.38. The first kappa shape index (κ1) is 17.0. The molecule has 1 aromatic heterocycles. The summed E-state index contributed by atoms with van der Waals surface area (Å²) in [6.07, 6.45) is -1.31. The third kappa shape index (κ3) is 4.15. The first-order chi connectivity index (χ1) is 11.4. The van der Waals surface area contributed by atoms with Gasteiger partial charge in [-0.1, -0.05) is 12.1 Å². The van der Waals surface area contributed by atoms with Crippen LogP contribution in [0.1, 0.15) is 27.3 Å². The van der Waals surface area contributed by atoms with Crippen LogP contribution >= 0.6 is 11.3 Å². The lowest BCUT2D eigenvalue weighted by atomic mass is 10.2. The van der Waals surface area contributed by atoms with Gasteiger partial charge in [-0.05, 0) is 48.6 Å². The average Bonchev–Trinajstić information content (AvgIpc) is 3.08. The van der Waals surface area contributed by atoms with Crippen LogP contribution in [0, 0.1) is 0 Å². The zero-order valence-corrected chi connectivity index (χ0v) is 13.7. The van der Waals surface area contributed by atoms with E-state index in [2.05, 4.69) is 11.4 Å². The molecule has 1 aliphatic rings. The van der Waals surface area contributed by atoms with E-state index in [1.54, 1.807) is 12.1 Å². The highest BCUT2D eigenvalue weighted by molar-refractivity contribution is 7.12. The molecule has 0 aliphatic heterocycles. The summed E-state index contributed by atoms with van der Waals surface area (Å²) in [5, 5.41) is 5.16. The minimum Gasteiger partial charge on any atom is -0.318 e. The molecule has 2 aromatic rings. The largest absolute Gasteiger partial charge is 0.471 e. The number of nitrogens with one attached hydrogen (secondary N) is 2. The fraction of sp³-hybridized carbons (Fsp3) is 0.353. The normalized spacial score (nSPS) is 13.8. The highest BCUT2D eigenvalue weighted by Crippen LogP contribution is 2.30. The molecule has 0 radical (unpaired) electrons. The maximum Gasteiger partial charge on any atom is 0.471 e. The molecule has 7 heteroatoms. The van der Waals surface area contributed by atoms with E-state index >= 15 is 0 Å². The van der Waals surface area contributed by atoms with Crippen molar-refractivity contribution in [3.05, 3.63) is 51.2 Å². The van der Waals surface area contributed by atoms with Crippen molar-refractivity contribution >= 4 is 22.9 Å². The van der Waals surface area contributed by atoms with Gasteiger partial charge < -0.3 is 10.6 Å². The Morgan fingerprint density at radius 3 is 2.75 bits per heavy atom. The van der Waals surface area contributed by atoms with Crippen molar-refractivity contribution in [2.45, 2.75) is 38.5 Å². The Kier molecular flexibility index (Phi) is 4.91. The van der Waals surface area contributed by atoms with Crippen molar-refractivity contribution in [3.8, 4) is 0 Å². The molecule has 0 saturated heterocycles. The Labute approximate surface area is 141 Å². The zero-order valence-electron chi connectivity index (χ0n) is 12.9. The summed E-state index contributed by atoms with van der Waals surface area (Å²) < 4.78 is 36.8. The number of thiophene rings is 1. The molecule has 2 N–H and O–H groups in total. The van der Waals surface area contributed by atoms with E-state index in [-0.39, 0.29) is 5.69 Å². The highest BCUT2D eigenvalue weighted by atomic mass is 32.1. The van der Waals surface area contributed by atoms with Crippen LogP contribution in [0.15, 0.2) is 30.3 Å². The summed E-state index contributed by atoms with van der Waals surface area (Å²) in [5.41, 5.74) is 2.42. The predicted octanol–water partition coefficient (Wildman–Crippen LogP) is 4.03. The molecule has 1 amide bonds. The summed E-state index contributed by atoms with van der Waals surface area (Å²) in [6, 6.07) is 8.66. The van der Waals surface area contributed by atoms with Gasteiger partial charge in [0.25, 0.3) is 0 Å². The maximum atomic E-state index is 12.3. The molecular formula is C17H17F3N2OS. The van der Waals surface area contributed by atoms with E-state index in [0.717, 1.165) is 18.5 Å². The van der Waals surface area contributed by atoms with Gasteiger partial charge in [-0.15, -0.1) is 11.3 Å². The van der Waals surface area contributed by atoms with Crippen LogP contribution in [-0.2, 0) is 30.7 Å². The van der Waals surface area contributed by atoms with Gasteiger partial charge in [-0.25, -0.2) is 0 Å². The van der Waals surface area contributed by atoms with E-state index in [4.69, 9.17) is 0 Å². The van der Waals surface area contributed by atoms with Gasteiger partial charge in [0.05, 0.1) is 0 Å². The van der Waals surface area contributed by atoms with Crippen LogP contribution in [0.25, 0.3) is 0 Å². The van der Waals surface area contributed by atoms with E-state index in [0.29, 0.717) is 6.54 Å².